The fourth-order valence-corrected chi connectivity index (χ4v) is 8.85. The summed E-state index contributed by atoms with van der Waals surface area (Å²) in [6, 6.07) is 2.02. The first-order chi connectivity index (χ1) is 17.5. The van der Waals surface area contributed by atoms with Crippen LogP contribution in [0.25, 0.3) is 21.9 Å². The van der Waals surface area contributed by atoms with Gasteiger partial charge in [-0.1, -0.05) is 0 Å². The first-order valence-corrected chi connectivity index (χ1v) is 15.4. The number of sulfonamides is 1. The molecule has 0 bridgehead atoms. The van der Waals surface area contributed by atoms with Crippen LogP contribution >= 0.6 is 0 Å². The third-order valence-electron chi connectivity index (χ3n) is 8.68. The van der Waals surface area contributed by atoms with Gasteiger partial charge in [0.2, 0.25) is 10.0 Å². The fourth-order valence-electron chi connectivity index (χ4n) is 6.87. The topological polar surface area (TPSA) is 95.1 Å². The van der Waals surface area contributed by atoms with Gasteiger partial charge >= 0.3 is 0 Å². The minimum atomic E-state index is -3.21. The molecule has 3 aliphatic rings. The zero-order valence-electron chi connectivity index (χ0n) is 21.3. The van der Waals surface area contributed by atoms with Gasteiger partial charge in [-0.2, -0.15) is 0 Å². The van der Waals surface area contributed by atoms with Crippen molar-refractivity contribution in [3.05, 3.63) is 30.0 Å². The van der Waals surface area contributed by atoms with E-state index in [1.165, 1.54) is 31.6 Å². The van der Waals surface area contributed by atoms with Crippen LogP contribution in [0.5, 0.6) is 0 Å². The van der Waals surface area contributed by atoms with Crippen LogP contribution in [0.2, 0.25) is 0 Å². The Kier molecular flexibility index (Phi) is 6.73. The van der Waals surface area contributed by atoms with Gasteiger partial charge in [-0.25, -0.2) is 27.7 Å². The first-order valence-electron chi connectivity index (χ1n) is 13.8. The van der Waals surface area contributed by atoms with E-state index in [4.69, 9.17) is 0 Å². The monoisotopic (exact) mass is 510 g/mol. The highest BCUT2D eigenvalue weighted by Crippen LogP contribution is 2.40. The largest absolute Gasteiger partial charge is 0.347 e. The third-order valence-corrected chi connectivity index (χ3v) is 10.7. The fraction of sp³-hybridized carbons (Fsp3) is 0.667. The zero-order valence-corrected chi connectivity index (χ0v) is 22.1. The van der Waals surface area contributed by atoms with Crippen molar-refractivity contribution >= 4 is 32.0 Å². The van der Waals surface area contributed by atoms with E-state index < -0.39 is 10.0 Å². The van der Waals surface area contributed by atoms with Gasteiger partial charge in [-0.3, -0.25) is 0 Å². The maximum atomic E-state index is 13.4. The molecule has 1 atom stereocenters. The molecule has 0 amide bonds. The SMILES string of the molecule is Cc1nc2cnc3nccc3c2c(C2CCC(CS(=O)(=O)N3CCCC(CN4CCCC4)C3)CC2)[nH]1. The Morgan fingerprint density at radius 2 is 1.81 bits per heavy atom. The standard InChI is InChI=1S/C27H38N6O2S/c1-19-30-24-15-29-27-23(10-11-28-27)25(24)26(31-19)22-8-6-20(7-9-22)18-36(34,35)33-14-4-5-21(17-33)16-32-12-2-3-13-32/h10-11,15,20-22H,2-9,12-14,16-18H2,1H3,(H,30,31). The van der Waals surface area contributed by atoms with E-state index in [9.17, 15) is 8.42 Å². The van der Waals surface area contributed by atoms with Crippen LogP contribution in [0.4, 0.5) is 0 Å². The number of likely N-dealkylation sites (tertiary alicyclic amines) is 1. The molecule has 1 unspecified atom stereocenters. The van der Waals surface area contributed by atoms with Gasteiger partial charge in [-0.15, -0.1) is 0 Å². The van der Waals surface area contributed by atoms with Crippen LogP contribution in [0.3, 0.4) is 0 Å². The van der Waals surface area contributed by atoms with Crippen molar-refractivity contribution in [1.82, 2.24) is 29.1 Å². The Morgan fingerprint density at radius 3 is 2.61 bits per heavy atom. The maximum absolute atomic E-state index is 13.4. The number of aromatic nitrogens is 4. The first kappa shape index (κ1) is 24.2. The Bertz CT molecular complexity index is 1320. The maximum Gasteiger partial charge on any atom is 0.214 e. The normalized spacial score (nSPS) is 26.8. The molecule has 3 aromatic rings. The molecule has 3 aromatic heterocycles. The number of hydrogen-bond donors (Lipinski definition) is 1. The summed E-state index contributed by atoms with van der Waals surface area (Å²) in [7, 11) is -3.21. The van der Waals surface area contributed by atoms with E-state index in [2.05, 4.69) is 24.8 Å². The molecule has 6 rings (SSSR count). The van der Waals surface area contributed by atoms with Crippen LogP contribution in [0, 0.1) is 18.8 Å². The number of pyridine rings is 1. The predicted octanol–water partition coefficient (Wildman–Crippen LogP) is 4.23. The van der Waals surface area contributed by atoms with Crippen LogP contribution in [-0.4, -0.2) is 76.0 Å². The van der Waals surface area contributed by atoms with E-state index in [0.717, 1.165) is 72.8 Å². The smallest absolute Gasteiger partial charge is 0.214 e. The van der Waals surface area contributed by atoms with E-state index in [1.54, 1.807) is 6.20 Å². The molecule has 1 saturated carbocycles. The van der Waals surface area contributed by atoms with Crippen molar-refractivity contribution in [3.63, 3.8) is 0 Å². The van der Waals surface area contributed by atoms with Crippen molar-refractivity contribution in [2.24, 2.45) is 11.8 Å². The Balaban J connectivity index is 1.12. The molecule has 0 radical (unpaired) electrons. The summed E-state index contributed by atoms with van der Waals surface area (Å²) >= 11 is 0. The van der Waals surface area contributed by atoms with E-state index in [1.807, 2.05) is 23.5 Å². The van der Waals surface area contributed by atoms with Crippen molar-refractivity contribution in [1.29, 1.82) is 0 Å². The molecule has 8 nitrogen and oxygen atoms in total. The molecular formula is C27H38N6O2S. The van der Waals surface area contributed by atoms with E-state index in [0.29, 0.717) is 30.7 Å². The number of aryl methyl sites for hydroxylation is 1. The number of rotatable bonds is 6. The van der Waals surface area contributed by atoms with E-state index in [-0.39, 0.29) is 5.92 Å². The highest BCUT2D eigenvalue weighted by molar-refractivity contribution is 7.89. The summed E-state index contributed by atoms with van der Waals surface area (Å²) < 4.78 is 28.6. The number of H-pyrrole nitrogens is 1. The van der Waals surface area contributed by atoms with Crippen LogP contribution < -0.4 is 0 Å². The second-order valence-electron chi connectivity index (χ2n) is 11.3. The highest BCUT2D eigenvalue weighted by atomic mass is 32.2. The Labute approximate surface area is 213 Å². The quantitative estimate of drug-likeness (QED) is 0.533. The summed E-state index contributed by atoms with van der Waals surface area (Å²) in [5, 5.41) is 2.17. The second-order valence-corrected chi connectivity index (χ2v) is 13.3. The lowest BCUT2D eigenvalue weighted by atomic mass is 9.80. The lowest BCUT2D eigenvalue weighted by molar-refractivity contribution is 0.199. The summed E-state index contributed by atoms with van der Waals surface area (Å²) in [6.07, 6.45) is 12.2. The molecular weight excluding hydrogens is 472 g/mol. The van der Waals surface area contributed by atoms with Crippen molar-refractivity contribution in [2.75, 3.05) is 38.5 Å². The van der Waals surface area contributed by atoms with Gasteiger partial charge in [-0.05, 0) is 95.2 Å². The van der Waals surface area contributed by atoms with Crippen LogP contribution in [0.15, 0.2) is 18.5 Å². The molecule has 2 saturated heterocycles. The second kappa shape index (κ2) is 9.99. The summed E-state index contributed by atoms with van der Waals surface area (Å²) in [6.45, 7) is 6.83. The minimum absolute atomic E-state index is 0.238. The van der Waals surface area contributed by atoms with Crippen molar-refractivity contribution in [3.8, 4) is 0 Å². The highest BCUT2D eigenvalue weighted by Gasteiger charge is 2.34. The average molecular weight is 511 g/mol. The van der Waals surface area contributed by atoms with Gasteiger partial charge in [0.05, 0.1) is 17.5 Å². The number of nitrogens with zero attached hydrogens (tertiary/aromatic N) is 5. The molecule has 0 aromatic carbocycles. The molecule has 3 fully saturated rings. The van der Waals surface area contributed by atoms with Crippen LogP contribution in [-0.2, 0) is 10.0 Å². The molecule has 9 heteroatoms. The number of piperidine rings is 1. The number of aromatic amines is 1. The molecule has 1 N–H and O–H groups in total. The zero-order chi connectivity index (χ0) is 24.7. The van der Waals surface area contributed by atoms with Gasteiger partial charge in [0.25, 0.3) is 0 Å². The van der Waals surface area contributed by atoms with Gasteiger partial charge in [0, 0.05) is 42.3 Å². The number of fused-ring (bicyclic) bond motifs is 3. The van der Waals surface area contributed by atoms with Crippen LogP contribution in [0.1, 0.15) is 68.8 Å². The van der Waals surface area contributed by atoms with E-state index >= 15 is 0 Å². The van der Waals surface area contributed by atoms with Crippen molar-refractivity contribution < 1.29 is 8.42 Å². The summed E-state index contributed by atoms with van der Waals surface area (Å²) in [4.78, 5) is 19.6. The van der Waals surface area contributed by atoms with Gasteiger partial charge in [0.15, 0.2) is 5.65 Å². The number of hydrogen-bond acceptors (Lipinski definition) is 6. The third kappa shape index (κ3) is 4.89. The molecule has 36 heavy (non-hydrogen) atoms. The molecule has 5 heterocycles. The Hall–Kier alpha value is -2.10. The Morgan fingerprint density at radius 1 is 1.00 bits per heavy atom. The van der Waals surface area contributed by atoms with Gasteiger partial charge < -0.3 is 9.88 Å². The van der Waals surface area contributed by atoms with Gasteiger partial charge in [0.1, 0.15) is 5.82 Å². The molecule has 194 valence electrons. The average Bonchev–Trinajstić information content (AvgIpc) is 3.56. The minimum Gasteiger partial charge on any atom is -0.347 e. The molecule has 2 aliphatic heterocycles. The lowest BCUT2D eigenvalue weighted by Gasteiger charge is -2.35. The predicted molar refractivity (Wildman–Crippen MR) is 142 cm³/mol. The summed E-state index contributed by atoms with van der Waals surface area (Å²) in [5.41, 5.74) is 2.87. The molecule has 0 spiro atoms. The lowest BCUT2D eigenvalue weighted by Crippen LogP contribution is -2.45. The molecule has 1 aliphatic carbocycles. The number of nitrogens with one attached hydrogen (secondary N) is 1. The van der Waals surface area contributed by atoms with Crippen molar-refractivity contribution in [2.45, 2.75) is 64.2 Å². The summed E-state index contributed by atoms with van der Waals surface area (Å²) in [5.74, 6) is 2.28.